The molecule has 1 aliphatic rings. The van der Waals surface area contributed by atoms with Gasteiger partial charge in [-0.2, -0.15) is 0 Å². The number of amides is 1. The highest BCUT2D eigenvalue weighted by Gasteiger charge is 2.26. The van der Waals surface area contributed by atoms with Crippen LogP contribution in [0.5, 0.6) is 0 Å². The van der Waals surface area contributed by atoms with E-state index >= 15 is 0 Å². The van der Waals surface area contributed by atoms with Gasteiger partial charge in [-0.3, -0.25) is 9.69 Å². The van der Waals surface area contributed by atoms with Crippen molar-refractivity contribution >= 4 is 40.3 Å². The number of benzene rings is 1. The van der Waals surface area contributed by atoms with Gasteiger partial charge in [-0.1, -0.05) is 42.9 Å². The van der Waals surface area contributed by atoms with Crippen molar-refractivity contribution in [3.63, 3.8) is 0 Å². The molecule has 1 aromatic heterocycles. The topological polar surface area (TPSA) is 62.2 Å². The second-order valence-electron chi connectivity index (χ2n) is 8.24. The molecule has 0 aliphatic carbocycles. The molecule has 29 heavy (non-hydrogen) atoms. The zero-order chi connectivity index (χ0) is 21.0. The molecule has 3 rings (SSSR count). The van der Waals surface area contributed by atoms with E-state index in [9.17, 15) is 4.79 Å². The molecule has 2 heterocycles. The summed E-state index contributed by atoms with van der Waals surface area (Å²) in [5.41, 5.74) is 2.23. The molecular weight excluding hydrogens is 402 g/mol. The van der Waals surface area contributed by atoms with Gasteiger partial charge in [-0.05, 0) is 57.0 Å². The summed E-state index contributed by atoms with van der Waals surface area (Å²) >= 11 is 6.98. The summed E-state index contributed by atoms with van der Waals surface area (Å²) in [5.74, 6) is 0.753. The highest BCUT2D eigenvalue weighted by molar-refractivity contribution is 7.73. The summed E-state index contributed by atoms with van der Waals surface area (Å²) in [6, 6.07) is 8.44. The Hall–Kier alpha value is -1.77. The molecule has 6 nitrogen and oxygen atoms in total. The van der Waals surface area contributed by atoms with Crippen LogP contribution >= 0.6 is 23.6 Å². The van der Waals surface area contributed by atoms with Crippen LogP contribution in [-0.4, -0.2) is 39.7 Å². The molecule has 2 aromatic rings. The SMILES string of the molecule is Cc1ccc(Nc2nn(CN3CCC(C(=O)NC(C)C(C)C)CC3)c(=S)s2)cc1. The van der Waals surface area contributed by atoms with Crippen molar-refractivity contribution in [3.8, 4) is 0 Å². The van der Waals surface area contributed by atoms with Crippen molar-refractivity contribution < 1.29 is 4.79 Å². The van der Waals surface area contributed by atoms with E-state index in [2.05, 4.69) is 60.5 Å². The molecule has 1 fully saturated rings. The minimum atomic E-state index is 0.106. The van der Waals surface area contributed by atoms with E-state index in [0.29, 0.717) is 12.6 Å². The fraction of sp³-hybridized carbons (Fsp3) is 0.571. The van der Waals surface area contributed by atoms with Gasteiger partial charge >= 0.3 is 0 Å². The van der Waals surface area contributed by atoms with Crippen molar-refractivity contribution in [3.05, 3.63) is 33.8 Å². The van der Waals surface area contributed by atoms with Gasteiger partial charge in [0.05, 0.1) is 6.67 Å². The monoisotopic (exact) mass is 433 g/mol. The number of carbonyl (C=O) groups is 1. The number of nitrogens with zero attached hydrogens (tertiary/aromatic N) is 3. The third-order valence-electron chi connectivity index (χ3n) is 5.57. The Kier molecular flexibility index (Phi) is 7.43. The number of aryl methyl sites for hydroxylation is 1. The lowest BCUT2D eigenvalue weighted by Gasteiger charge is -2.31. The predicted molar refractivity (Wildman–Crippen MR) is 122 cm³/mol. The molecule has 2 N–H and O–H groups in total. The summed E-state index contributed by atoms with van der Waals surface area (Å²) in [6.45, 7) is 10.8. The first-order valence-electron chi connectivity index (χ1n) is 10.3. The molecular formula is C21H31N5OS2. The number of hydrogen-bond acceptors (Lipinski definition) is 6. The number of aromatic nitrogens is 2. The van der Waals surface area contributed by atoms with Crippen LogP contribution in [0.4, 0.5) is 10.8 Å². The first kappa shape index (κ1) is 21.9. The average molecular weight is 434 g/mol. The Morgan fingerprint density at radius 3 is 2.52 bits per heavy atom. The van der Waals surface area contributed by atoms with Crippen LogP contribution in [0.25, 0.3) is 0 Å². The lowest BCUT2D eigenvalue weighted by Crippen LogP contribution is -2.44. The van der Waals surface area contributed by atoms with Crippen LogP contribution in [-0.2, 0) is 11.5 Å². The van der Waals surface area contributed by atoms with Gasteiger partial charge in [0.25, 0.3) is 0 Å². The predicted octanol–water partition coefficient (Wildman–Crippen LogP) is 4.56. The average Bonchev–Trinajstić information content (AvgIpc) is 3.02. The van der Waals surface area contributed by atoms with Crippen molar-refractivity contribution in [2.45, 2.75) is 53.2 Å². The Morgan fingerprint density at radius 2 is 1.90 bits per heavy atom. The fourth-order valence-corrected chi connectivity index (χ4v) is 4.25. The number of hydrogen-bond donors (Lipinski definition) is 2. The highest BCUT2D eigenvalue weighted by Crippen LogP contribution is 2.23. The number of anilines is 2. The first-order chi connectivity index (χ1) is 13.8. The molecule has 1 amide bonds. The number of nitrogens with one attached hydrogen (secondary N) is 2. The molecule has 1 aliphatic heterocycles. The van der Waals surface area contributed by atoms with E-state index in [4.69, 9.17) is 12.2 Å². The standard InChI is InChI=1S/C21H31N5OS2/c1-14(2)16(4)22-19(27)17-9-11-25(12-10-17)13-26-21(28)29-20(24-26)23-18-7-5-15(3)6-8-18/h5-8,14,16-17H,9-13H2,1-4H3,(H,22,27)(H,23,24). The molecule has 0 saturated carbocycles. The van der Waals surface area contributed by atoms with Gasteiger partial charge in [0, 0.05) is 30.7 Å². The van der Waals surface area contributed by atoms with E-state index in [1.807, 2.05) is 16.8 Å². The summed E-state index contributed by atoms with van der Waals surface area (Å²) in [5, 5.41) is 11.9. The van der Waals surface area contributed by atoms with Gasteiger partial charge in [0.1, 0.15) is 0 Å². The zero-order valence-electron chi connectivity index (χ0n) is 17.6. The second kappa shape index (κ2) is 9.82. The van der Waals surface area contributed by atoms with Crippen LogP contribution in [0.2, 0.25) is 0 Å². The fourth-order valence-electron chi connectivity index (χ4n) is 3.24. The van der Waals surface area contributed by atoms with E-state index < -0.39 is 0 Å². The molecule has 1 atom stereocenters. The Bertz CT molecular complexity index is 866. The molecule has 0 bridgehead atoms. The molecule has 0 radical (unpaired) electrons. The summed E-state index contributed by atoms with van der Waals surface area (Å²) in [6.07, 6.45) is 1.76. The van der Waals surface area contributed by atoms with Crippen LogP contribution < -0.4 is 10.6 Å². The minimum Gasteiger partial charge on any atom is -0.353 e. The van der Waals surface area contributed by atoms with Gasteiger partial charge in [-0.15, -0.1) is 5.10 Å². The normalized spacial score (nSPS) is 16.7. The molecule has 0 spiro atoms. The van der Waals surface area contributed by atoms with Crippen molar-refractivity contribution in [1.82, 2.24) is 20.0 Å². The van der Waals surface area contributed by atoms with E-state index in [1.165, 1.54) is 16.9 Å². The van der Waals surface area contributed by atoms with E-state index in [0.717, 1.165) is 40.7 Å². The van der Waals surface area contributed by atoms with E-state index in [-0.39, 0.29) is 17.9 Å². The van der Waals surface area contributed by atoms with Gasteiger partial charge in [-0.25, -0.2) is 4.68 Å². The van der Waals surface area contributed by atoms with Gasteiger partial charge < -0.3 is 10.6 Å². The maximum Gasteiger partial charge on any atom is 0.223 e. The molecule has 158 valence electrons. The van der Waals surface area contributed by atoms with Gasteiger partial charge in [0.15, 0.2) is 3.95 Å². The molecule has 1 unspecified atom stereocenters. The first-order valence-corrected chi connectivity index (χ1v) is 11.5. The number of likely N-dealkylation sites (tertiary alicyclic amines) is 1. The smallest absolute Gasteiger partial charge is 0.223 e. The van der Waals surface area contributed by atoms with Crippen molar-refractivity contribution in [2.75, 3.05) is 18.4 Å². The molecule has 1 saturated heterocycles. The summed E-state index contributed by atoms with van der Waals surface area (Å²) in [4.78, 5) is 14.8. The summed E-state index contributed by atoms with van der Waals surface area (Å²) < 4.78 is 2.63. The third-order valence-corrected chi connectivity index (χ3v) is 6.79. The Balaban J connectivity index is 1.51. The number of piperidine rings is 1. The maximum absolute atomic E-state index is 12.5. The van der Waals surface area contributed by atoms with Crippen LogP contribution in [0.15, 0.2) is 24.3 Å². The number of carbonyl (C=O) groups excluding carboxylic acids is 1. The zero-order valence-corrected chi connectivity index (χ0v) is 19.3. The Labute approximate surface area is 182 Å². The highest BCUT2D eigenvalue weighted by atomic mass is 32.1. The van der Waals surface area contributed by atoms with Crippen LogP contribution in [0.3, 0.4) is 0 Å². The van der Waals surface area contributed by atoms with Crippen molar-refractivity contribution in [2.24, 2.45) is 11.8 Å². The summed E-state index contributed by atoms with van der Waals surface area (Å²) in [7, 11) is 0. The molecule has 8 heteroatoms. The van der Waals surface area contributed by atoms with Crippen LogP contribution in [0.1, 0.15) is 39.2 Å². The number of rotatable bonds is 7. The lowest BCUT2D eigenvalue weighted by molar-refractivity contribution is -0.127. The van der Waals surface area contributed by atoms with Crippen molar-refractivity contribution in [1.29, 1.82) is 0 Å². The van der Waals surface area contributed by atoms with Gasteiger partial charge in [0.2, 0.25) is 11.0 Å². The second-order valence-corrected chi connectivity index (χ2v) is 9.86. The minimum absolute atomic E-state index is 0.106. The largest absolute Gasteiger partial charge is 0.353 e. The van der Waals surface area contributed by atoms with Crippen LogP contribution in [0, 0.1) is 22.7 Å². The third kappa shape index (κ3) is 6.10. The van der Waals surface area contributed by atoms with E-state index in [1.54, 1.807) is 0 Å². The maximum atomic E-state index is 12.5. The Morgan fingerprint density at radius 1 is 1.24 bits per heavy atom. The lowest BCUT2D eigenvalue weighted by atomic mass is 9.95. The molecule has 1 aromatic carbocycles. The quantitative estimate of drug-likeness (QED) is 0.627.